The van der Waals surface area contributed by atoms with Gasteiger partial charge < -0.3 is 0 Å². The fourth-order valence-corrected chi connectivity index (χ4v) is 7.70. The molecule has 0 saturated heterocycles. The number of aromatic nitrogens is 1. The predicted octanol–water partition coefficient (Wildman–Crippen LogP) is 8.28. The van der Waals surface area contributed by atoms with E-state index >= 15 is 0 Å². The SMILES string of the molecule is [2H]c1c([2H])[n+](C)c(-c2cc(C3CCCCC3)cc(C3CCCCC3)c2C)c2ccc([Si](C)(C)C)cc12. The summed E-state index contributed by atoms with van der Waals surface area (Å²) in [5.74, 6) is 1.31. The molecule has 1 aromatic heterocycles. The average molecular weight is 473 g/mol. The molecule has 0 N–H and O–H groups in total. The Bertz CT molecular complexity index is 1280. The van der Waals surface area contributed by atoms with Crippen molar-refractivity contribution in [2.45, 2.75) is 103 Å². The van der Waals surface area contributed by atoms with Gasteiger partial charge in [-0.2, -0.15) is 0 Å². The number of rotatable bonds is 4. The van der Waals surface area contributed by atoms with Crippen LogP contribution in [0.15, 0.2) is 42.5 Å². The molecule has 34 heavy (non-hydrogen) atoms. The predicted molar refractivity (Wildman–Crippen MR) is 150 cm³/mol. The summed E-state index contributed by atoms with van der Waals surface area (Å²) in [6.45, 7) is 9.40. The third kappa shape index (κ3) is 4.63. The smallest absolute Gasteiger partial charge is 0.200 e. The molecule has 0 radical (unpaired) electrons. The van der Waals surface area contributed by atoms with Crippen LogP contribution >= 0.6 is 0 Å². The Kier molecular flexibility index (Phi) is 6.04. The van der Waals surface area contributed by atoms with Gasteiger partial charge in [0, 0.05) is 6.04 Å². The van der Waals surface area contributed by atoms with Gasteiger partial charge in [-0.15, -0.1) is 0 Å². The Morgan fingerprint density at radius 2 is 1.50 bits per heavy atom. The second-order valence-electron chi connectivity index (χ2n) is 12.1. The minimum Gasteiger partial charge on any atom is -0.200 e. The van der Waals surface area contributed by atoms with Crippen molar-refractivity contribution in [2.75, 3.05) is 0 Å². The van der Waals surface area contributed by atoms with E-state index in [-0.39, 0.29) is 0 Å². The Hall–Kier alpha value is -1.93. The number of nitrogens with zero attached hydrogens (tertiary/aromatic N) is 1. The van der Waals surface area contributed by atoms with E-state index in [0.717, 1.165) is 16.5 Å². The molecule has 1 heterocycles. The van der Waals surface area contributed by atoms with Gasteiger partial charge in [0.2, 0.25) is 5.69 Å². The molecule has 180 valence electrons. The largest absolute Gasteiger partial charge is 0.220 e. The van der Waals surface area contributed by atoms with Gasteiger partial charge in [-0.1, -0.05) is 81.6 Å². The monoisotopic (exact) mass is 472 g/mol. The summed E-state index contributed by atoms with van der Waals surface area (Å²) in [7, 11) is 0.468. The van der Waals surface area contributed by atoms with Crippen LogP contribution in [0, 0.1) is 6.92 Å². The Morgan fingerprint density at radius 3 is 2.15 bits per heavy atom. The van der Waals surface area contributed by atoms with Crippen LogP contribution in [0.25, 0.3) is 22.0 Å². The molecule has 5 rings (SSSR count). The molecule has 0 atom stereocenters. The van der Waals surface area contributed by atoms with E-state index in [1.807, 2.05) is 11.6 Å². The van der Waals surface area contributed by atoms with E-state index in [0.29, 0.717) is 24.1 Å². The van der Waals surface area contributed by atoms with Gasteiger partial charge in [0.25, 0.3) is 0 Å². The Balaban J connectivity index is 1.78. The Labute approximate surface area is 211 Å². The van der Waals surface area contributed by atoms with Crippen LogP contribution in [0.5, 0.6) is 0 Å². The highest BCUT2D eigenvalue weighted by Gasteiger charge is 2.27. The molecule has 0 spiro atoms. The molecule has 2 aliphatic carbocycles. The van der Waals surface area contributed by atoms with E-state index in [4.69, 9.17) is 2.74 Å². The molecule has 0 unspecified atom stereocenters. The van der Waals surface area contributed by atoms with Gasteiger partial charge in [-0.05, 0) is 78.7 Å². The zero-order valence-electron chi connectivity index (χ0n) is 24.1. The molecule has 2 saturated carbocycles. The fourth-order valence-electron chi connectivity index (χ4n) is 6.54. The molecule has 0 amide bonds. The van der Waals surface area contributed by atoms with Crippen molar-refractivity contribution in [2.24, 2.45) is 7.05 Å². The first-order chi connectivity index (χ1) is 17.2. The standard InChI is InChI=1S/C32H44NSi/c1-23-30(25-14-10-7-11-15-25)21-27(24-12-8-6-9-13-24)22-31(23)32-29-17-16-28(34(3,4)5)20-26(29)18-19-33(32)2/h16-22,24-25H,6-15H2,1-5H3/q+1/i18D,19D. The fraction of sp³-hybridized carbons (Fsp3) is 0.531. The maximum absolute atomic E-state index is 8.90. The number of pyridine rings is 1. The number of benzene rings is 2. The van der Waals surface area contributed by atoms with Gasteiger partial charge in [0.1, 0.15) is 8.42 Å². The normalized spacial score (nSPS) is 19.3. The van der Waals surface area contributed by atoms with E-state index in [9.17, 15) is 0 Å². The first-order valence-electron chi connectivity index (χ1n) is 14.7. The van der Waals surface area contributed by atoms with Crippen molar-refractivity contribution in [1.82, 2.24) is 0 Å². The van der Waals surface area contributed by atoms with E-state index < -0.39 is 8.07 Å². The summed E-state index contributed by atoms with van der Waals surface area (Å²) in [5.41, 5.74) is 6.89. The lowest BCUT2D eigenvalue weighted by molar-refractivity contribution is -0.659. The molecular weight excluding hydrogens is 426 g/mol. The lowest BCUT2D eigenvalue weighted by atomic mass is 9.76. The maximum atomic E-state index is 8.90. The van der Waals surface area contributed by atoms with Crippen LogP contribution in [0.2, 0.25) is 19.6 Å². The summed E-state index contributed by atoms with van der Waals surface area (Å²) in [6, 6.07) is 12.2. The van der Waals surface area contributed by atoms with Gasteiger partial charge in [0.05, 0.1) is 20.4 Å². The third-order valence-electron chi connectivity index (χ3n) is 8.68. The van der Waals surface area contributed by atoms with Crippen molar-refractivity contribution >= 4 is 24.0 Å². The molecule has 0 bridgehead atoms. The molecule has 2 aliphatic rings. The first kappa shape index (κ1) is 21.4. The van der Waals surface area contributed by atoms with Crippen molar-refractivity contribution in [1.29, 1.82) is 0 Å². The molecule has 1 nitrogen and oxygen atoms in total. The van der Waals surface area contributed by atoms with Crippen molar-refractivity contribution in [3.8, 4) is 11.3 Å². The van der Waals surface area contributed by atoms with E-state index in [1.54, 1.807) is 5.56 Å². The molecule has 3 aromatic rings. The van der Waals surface area contributed by atoms with Gasteiger partial charge in [0.15, 0.2) is 6.17 Å². The van der Waals surface area contributed by atoms with Crippen LogP contribution in [0.3, 0.4) is 0 Å². The molecule has 2 aromatic carbocycles. The second-order valence-corrected chi connectivity index (χ2v) is 17.2. The quantitative estimate of drug-likeness (QED) is 0.266. The van der Waals surface area contributed by atoms with Crippen molar-refractivity contribution in [3.05, 3.63) is 59.2 Å². The summed E-state index contributed by atoms with van der Waals surface area (Å²) in [5, 5.41) is 3.42. The summed E-state index contributed by atoms with van der Waals surface area (Å²) in [6.07, 6.45) is 13.6. The van der Waals surface area contributed by atoms with Crippen LogP contribution in [0.4, 0.5) is 0 Å². The molecule has 0 aliphatic heterocycles. The van der Waals surface area contributed by atoms with Gasteiger partial charge in [-0.3, -0.25) is 0 Å². The second kappa shape index (κ2) is 9.61. The maximum Gasteiger partial charge on any atom is 0.220 e. The van der Waals surface area contributed by atoms with Crippen LogP contribution in [-0.4, -0.2) is 8.07 Å². The summed E-state index contributed by atoms with van der Waals surface area (Å²) >= 11 is 0. The number of hydrogen-bond acceptors (Lipinski definition) is 0. The Morgan fingerprint density at radius 1 is 0.853 bits per heavy atom. The minimum absolute atomic E-state index is 0.312. The number of hydrogen-bond donors (Lipinski definition) is 0. The minimum atomic E-state index is -1.53. The van der Waals surface area contributed by atoms with Crippen molar-refractivity contribution in [3.63, 3.8) is 0 Å². The van der Waals surface area contributed by atoms with Crippen LogP contribution in [-0.2, 0) is 7.05 Å². The van der Waals surface area contributed by atoms with Crippen molar-refractivity contribution < 1.29 is 7.31 Å². The number of fused-ring (bicyclic) bond motifs is 1. The summed E-state index contributed by atoms with van der Waals surface area (Å²) in [4.78, 5) is 0. The highest BCUT2D eigenvalue weighted by Crippen LogP contribution is 2.42. The third-order valence-corrected chi connectivity index (χ3v) is 10.7. The average Bonchev–Trinajstić information content (AvgIpc) is 2.88. The zero-order chi connectivity index (χ0) is 25.6. The highest BCUT2D eigenvalue weighted by molar-refractivity contribution is 6.88. The van der Waals surface area contributed by atoms with Crippen LogP contribution < -0.4 is 9.75 Å². The molecular formula is C32H44NSi+. The van der Waals surface area contributed by atoms with Gasteiger partial charge in [-0.25, -0.2) is 4.57 Å². The molecule has 2 heteroatoms. The first-order valence-corrected chi connectivity index (χ1v) is 17.2. The summed E-state index contributed by atoms with van der Waals surface area (Å²) < 4.78 is 19.7. The molecule has 2 fully saturated rings. The lowest BCUT2D eigenvalue weighted by Gasteiger charge is -2.28. The van der Waals surface area contributed by atoms with E-state index in [1.165, 1.54) is 86.1 Å². The zero-order valence-corrected chi connectivity index (χ0v) is 23.1. The van der Waals surface area contributed by atoms with E-state index in [2.05, 4.69) is 56.9 Å². The van der Waals surface area contributed by atoms with Crippen LogP contribution in [0.1, 0.15) is 95.5 Å². The highest BCUT2D eigenvalue weighted by atomic mass is 28.3. The lowest BCUT2D eigenvalue weighted by Crippen LogP contribution is -2.37. The topological polar surface area (TPSA) is 3.88 Å². The van der Waals surface area contributed by atoms with Gasteiger partial charge >= 0.3 is 0 Å².